The molecule has 2 N–H and O–H groups in total. The summed E-state index contributed by atoms with van der Waals surface area (Å²) in [6.07, 6.45) is 1.57. The number of amides is 2. The Bertz CT molecular complexity index is 1400. The van der Waals surface area contributed by atoms with Gasteiger partial charge in [0.25, 0.3) is 11.8 Å². The zero-order valence-corrected chi connectivity index (χ0v) is 21.3. The van der Waals surface area contributed by atoms with E-state index < -0.39 is 11.8 Å². The van der Waals surface area contributed by atoms with E-state index in [1.165, 1.54) is 23.1 Å². The molecule has 1 heterocycles. The molecule has 36 heavy (non-hydrogen) atoms. The maximum atomic E-state index is 13.2. The van der Waals surface area contributed by atoms with E-state index >= 15 is 0 Å². The quantitative estimate of drug-likeness (QED) is 0.141. The van der Waals surface area contributed by atoms with Crippen molar-refractivity contribution in [2.45, 2.75) is 4.90 Å². The van der Waals surface area contributed by atoms with E-state index in [0.29, 0.717) is 27.6 Å². The fourth-order valence-electron chi connectivity index (χ4n) is 3.22. The number of ketones is 1. The maximum Gasteiger partial charge on any atom is 0.272 e. The van der Waals surface area contributed by atoms with Gasteiger partial charge in [0.1, 0.15) is 5.70 Å². The highest BCUT2D eigenvalue weighted by atomic mass is 35.5. The molecule has 0 saturated heterocycles. The first kappa shape index (κ1) is 25.4. The van der Waals surface area contributed by atoms with Crippen molar-refractivity contribution >= 4 is 64.1 Å². The van der Waals surface area contributed by atoms with Crippen LogP contribution < -0.4 is 10.6 Å². The van der Waals surface area contributed by atoms with Crippen LogP contribution in [0.1, 0.15) is 25.6 Å². The molecule has 4 aromatic rings. The smallest absolute Gasteiger partial charge is 0.272 e. The van der Waals surface area contributed by atoms with E-state index in [2.05, 4.69) is 10.6 Å². The maximum absolute atomic E-state index is 13.2. The number of nitrogens with one attached hydrogen (secondary N) is 2. The van der Waals surface area contributed by atoms with Gasteiger partial charge in [0.2, 0.25) is 0 Å². The van der Waals surface area contributed by atoms with Gasteiger partial charge in [0.05, 0.1) is 10.6 Å². The van der Waals surface area contributed by atoms with E-state index in [1.54, 1.807) is 72.8 Å². The zero-order chi connectivity index (χ0) is 25.3. The number of halogens is 1. The molecule has 0 atom stereocenters. The van der Waals surface area contributed by atoms with Crippen LogP contribution in [0, 0.1) is 0 Å². The molecule has 1 aromatic heterocycles. The lowest BCUT2D eigenvalue weighted by molar-refractivity contribution is -0.113. The Morgan fingerprint density at radius 2 is 1.69 bits per heavy atom. The van der Waals surface area contributed by atoms with Crippen molar-refractivity contribution in [1.82, 2.24) is 5.32 Å². The summed E-state index contributed by atoms with van der Waals surface area (Å²) in [5, 5.41) is 7.94. The summed E-state index contributed by atoms with van der Waals surface area (Å²) in [5.74, 6) is -0.545. The first-order chi connectivity index (χ1) is 17.5. The second-order valence-electron chi connectivity index (χ2n) is 7.60. The average Bonchev–Trinajstić information content (AvgIpc) is 3.43. The molecule has 0 aliphatic carbocycles. The van der Waals surface area contributed by atoms with Crippen molar-refractivity contribution in [3.8, 4) is 0 Å². The lowest BCUT2D eigenvalue weighted by Crippen LogP contribution is -2.30. The molecule has 0 aliphatic heterocycles. The summed E-state index contributed by atoms with van der Waals surface area (Å²) in [6, 6.07) is 26.5. The SMILES string of the molecule is O=C(Nc1cccc(SCC(=O)c2cccs2)c1)/C(=C/c1cccc(Cl)c1)NC(=O)c1ccccc1. The highest BCUT2D eigenvalue weighted by Gasteiger charge is 2.16. The van der Waals surface area contributed by atoms with Gasteiger partial charge in [-0.1, -0.05) is 54.1 Å². The van der Waals surface area contributed by atoms with Gasteiger partial charge in [-0.2, -0.15) is 0 Å². The fraction of sp³-hybridized carbons (Fsp3) is 0.0357. The monoisotopic (exact) mass is 532 g/mol. The zero-order valence-electron chi connectivity index (χ0n) is 18.9. The van der Waals surface area contributed by atoms with Gasteiger partial charge < -0.3 is 10.6 Å². The predicted octanol–water partition coefficient (Wildman–Crippen LogP) is 6.79. The van der Waals surface area contributed by atoms with Gasteiger partial charge >= 0.3 is 0 Å². The lowest BCUT2D eigenvalue weighted by Gasteiger charge is -2.12. The third kappa shape index (κ3) is 7.18. The van der Waals surface area contributed by atoms with Crippen molar-refractivity contribution in [2.24, 2.45) is 0 Å². The molecule has 0 saturated carbocycles. The van der Waals surface area contributed by atoms with Crippen LogP contribution in [0.5, 0.6) is 0 Å². The number of Topliss-reactive ketones (excluding diaryl/α,β-unsaturated/α-hetero) is 1. The van der Waals surface area contributed by atoms with Crippen molar-refractivity contribution < 1.29 is 14.4 Å². The summed E-state index contributed by atoms with van der Waals surface area (Å²) >= 11 is 8.91. The lowest BCUT2D eigenvalue weighted by atomic mass is 10.1. The van der Waals surface area contributed by atoms with Crippen LogP contribution in [-0.4, -0.2) is 23.4 Å². The van der Waals surface area contributed by atoms with Crippen LogP contribution in [0.3, 0.4) is 0 Å². The van der Waals surface area contributed by atoms with Crippen LogP contribution in [0.4, 0.5) is 5.69 Å². The molecule has 8 heteroatoms. The molecule has 2 amide bonds. The molecule has 3 aromatic carbocycles. The van der Waals surface area contributed by atoms with Crippen molar-refractivity contribution in [3.05, 3.63) is 123 Å². The third-order valence-corrected chi connectivity index (χ3v) is 7.09. The number of rotatable bonds is 9. The van der Waals surface area contributed by atoms with Gasteiger partial charge in [-0.05, 0) is 65.6 Å². The highest BCUT2D eigenvalue weighted by Crippen LogP contribution is 2.24. The van der Waals surface area contributed by atoms with E-state index in [-0.39, 0.29) is 11.5 Å². The Balaban J connectivity index is 1.50. The topological polar surface area (TPSA) is 75.3 Å². The van der Waals surface area contributed by atoms with Crippen LogP contribution in [0.2, 0.25) is 5.02 Å². The number of carbonyl (C=O) groups is 3. The normalized spacial score (nSPS) is 11.1. The van der Waals surface area contributed by atoms with Gasteiger partial charge in [0.15, 0.2) is 5.78 Å². The van der Waals surface area contributed by atoms with Gasteiger partial charge in [-0.3, -0.25) is 14.4 Å². The number of thiophene rings is 1. The minimum atomic E-state index is -0.490. The molecule has 0 fully saturated rings. The standard InChI is InChI=1S/C28H21ClN2O3S2/c29-21-10-4-7-19(15-21)16-24(31-27(33)20-8-2-1-3-9-20)28(34)30-22-11-5-12-23(17-22)36-18-25(32)26-13-6-14-35-26/h1-17H,18H2,(H,30,34)(H,31,33)/b24-16-. The van der Waals surface area contributed by atoms with E-state index in [1.807, 2.05) is 29.6 Å². The van der Waals surface area contributed by atoms with E-state index in [9.17, 15) is 14.4 Å². The van der Waals surface area contributed by atoms with Crippen molar-refractivity contribution in [2.75, 3.05) is 11.1 Å². The molecular formula is C28H21ClN2O3S2. The second-order valence-corrected chi connectivity index (χ2v) is 10.0. The molecule has 0 radical (unpaired) electrons. The van der Waals surface area contributed by atoms with Gasteiger partial charge in [0, 0.05) is 21.2 Å². The van der Waals surface area contributed by atoms with Crippen LogP contribution >= 0.6 is 34.7 Å². The Labute approximate surface area is 222 Å². The number of thioether (sulfide) groups is 1. The summed E-state index contributed by atoms with van der Waals surface area (Å²) in [7, 11) is 0. The van der Waals surface area contributed by atoms with Crippen molar-refractivity contribution in [1.29, 1.82) is 0 Å². The highest BCUT2D eigenvalue weighted by molar-refractivity contribution is 8.00. The largest absolute Gasteiger partial charge is 0.321 e. The van der Waals surface area contributed by atoms with Gasteiger partial charge in [-0.25, -0.2) is 0 Å². The molecule has 0 aliphatic rings. The molecule has 0 bridgehead atoms. The van der Waals surface area contributed by atoms with Crippen LogP contribution in [-0.2, 0) is 4.79 Å². The number of hydrogen-bond acceptors (Lipinski definition) is 5. The Morgan fingerprint density at radius 3 is 2.44 bits per heavy atom. The molecule has 4 rings (SSSR count). The molecule has 0 spiro atoms. The number of hydrogen-bond donors (Lipinski definition) is 2. The Morgan fingerprint density at radius 1 is 0.889 bits per heavy atom. The van der Waals surface area contributed by atoms with E-state index in [4.69, 9.17) is 11.6 Å². The minimum Gasteiger partial charge on any atom is -0.321 e. The summed E-state index contributed by atoms with van der Waals surface area (Å²) in [4.78, 5) is 39.9. The molecule has 5 nitrogen and oxygen atoms in total. The number of anilines is 1. The van der Waals surface area contributed by atoms with E-state index in [0.717, 1.165) is 9.77 Å². The first-order valence-electron chi connectivity index (χ1n) is 10.9. The van der Waals surface area contributed by atoms with Crippen LogP contribution in [0.15, 0.2) is 107 Å². The minimum absolute atomic E-state index is 0.0554. The third-order valence-electron chi connectivity index (χ3n) is 4.95. The molecule has 0 unspecified atom stereocenters. The Kier molecular flexibility index (Phi) is 8.73. The second kappa shape index (κ2) is 12.4. The molecular weight excluding hydrogens is 512 g/mol. The van der Waals surface area contributed by atoms with Crippen LogP contribution in [0.25, 0.3) is 6.08 Å². The average molecular weight is 533 g/mol. The summed E-state index contributed by atoms with van der Waals surface area (Å²) in [5.41, 5.74) is 1.70. The summed E-state index contributed by atoms with van der Waals surface area (Å²) in [6.45, 7) is 0. The predicted molar refractivity (Wildman–Crippen MR) is 148 cm³/mol. The van der Waals surface area contributed by atoms with Gasteiger partial charge in [-0.15, -0.1) is 23.1 Å². The first-order valence-corrected chi connectivity index (χ1v) is 13.2. The fourth-order valence-corrected chi connectivity index (χ4v) is 5.02. The summed E-state index contributed by atoms with van der Waals surface area (Å²) < 4.78 is 0. The number of benzene rings is 3. The van der Waals surface area contributed by atoms with Crippen molar-refractivity contribution in [3.63, 3.8) is 0 Å². The number of carbonyl (C=O) groups excluding carboxylic acids is 3. The Hall–Kier alpha value is -3.65. The molecule has 180 valence electrons.